The number of anilines is 1. The molecule has 5 heteroatoms. The van der Waals surface area contributed by atoms with Gasteiger partial charge in [0.15, 0.2) is 0 Å². The van der Waals surface area contributed by atoms with E-state index in [1.54, 1.807) is 4.90 Å². The van der Waals surface area contributed by atoms with Crippen LogP contribution in [0, 0.1) is 5.92 Å². The molecule has 0 aliphatic carbocycles. The third-order valence-electron chi connectivity index (χ3n) is 4.30. The highest BCUT2D eigenvalue weighted by Crippen LogP contribution is 2.26. The molecule has 0 saturated carbocycles. The second kappa shape index (κ2) is 7.29. The van der Waals surface area contributed by atoms with Crippen LogP contribution < -0.4 is 10.2 Å². The van der Waals surface area contributed by atoms with Gasteiger partial charge in [-0.05, 0) is 30.4 Å². The van der Waals surface area contributed by atoms with Crippen LogP contribution in [0.3, 0.4) is 0 Å². The second-order valence-corrected chi connectivity index (χ2v) is 5.72. The number of nitrogens with zero attached hydrogens (tertiary/aromatic N) is 1. The summed E-state index contributed by atoms with van der Waals surface area (Å²) in [6, 6.07) is 7.05. The summed E-state index contributed by atoms with van der Waals surface area (Å²) in [6.07, 6.45) is 2.69. The number of carbonyl (C=O) groups excluding carboxylic acids is 2. The summed E-state index contributed by atoms with van der Waals surface area (Å²) in [7, 11) is 1.35. The largest absolute Gasteiger partial charge is 0.467 e. The molecule has 120 valence electrons. The highest BCUT2D eigenvalue weighted by atomic mass is 16.5. The van der Waals surface area contributed by atoms with Crippen molar-refractivity contribution in [3.63, 3.8) is 0 Å². The molecule has 1 heterocycles. The zero-order chi connectivity index (χ0) is 16.1. The van der Waals surface area contributed by atoms with Crippen molar-refractivity contribution in [1.82, 2.24) is 5.32 Å². The summed E-state index contributed by atoms with van der Waals surface area (Å²) in [5.74, 6) is -0.371. The third-order valence-corrected chi connectivity index (χ3v) is 4.30. The number of amides is 2. The van der Waals surface area contributed by atoms with Gasteiger partial charge in [-0.25, -0.2) is 9.59 Å². The lowest BCUT2D eigenvalue weighted by molar-refractivity contribution is -0.144. The molecule has 2 amide bonds. The van der Waals surface area contributed by atoms with Crippen molar-refractivity contribution in [1.29, 1.82) is 0 Å². The Morgan fingerprint density at radius 2 is 2.09 bits per heavy atom. The van der Waals surface area contributed by atoms with Crippen molar-refractivity contribution < 1.29 is 14.3 Å². The Bertz CT molecular complexity index is 544. The Balaban J connectivity index is 2.16. The number of hydrogen-bond acceptors (Lipinski definition) is 3. The number of rotatable bonds is 4. The van der Waals surface area contributed by atoms with Crippen molar-refractivity contribution in [3.05, 3.63) is 29.8 Å². The highest BCUT2D eigenvalue weighted by molar-refractivity contribution is 5.95. The highest BCUT2D eigenvalue weighted by Gasteiger charge is 2.30. The normalized spacial score (nSPS) is 16.4. The van der Waals surface area contributed by atoms with Crippen LogP contribution in [0.15, 0.2) is 24.3 Å². The molecule has 0 aromatic heterocycles. The minimum atomic E-state index is -0.614. The van der Waals surface area contributed by atoms with E-state index in [1.165, 1.54) is 12.7 Å². The Morgan fingerprint density at radius 1 is 1.36 bits per heavy atom. The summed E-state index contributed by atoms with van der Waals surface area (Å²) in [4.78, 5) is 26.3. The number of fused-ring (bicyclic) bond motifs is 1. The lowest BCUT2D eigenvalue weighted by Crippen LogP contribution is -2.52. The Kier molecular flexibility index (Phi) is 5.41. The smallest absolute Gasteiger partial charge is 0.328 e. The molecule has 1 aromatic carbocycles. The molecule has 2 atom stereocenters. The summed E-state index contributed by atoms with van der Waals surface area (Å²) < 4.78 is 4.82. The van der Waals surface area contributed by atoms with Crippen LogP contribution in [0.4, 0.5) is 10.5 Å². The minimum absolute atomic E-state index is 0.0245. The summed E-state index contributed by atoms with van der Waals surface area (Å²) in [6.45, 7) is 4.59. The first-order chi connectivity index (χ1) is 10.6. The van der Waals surface area contributed by atoms with Crippen molar-refractivity contribution in [2.75, 3.05) is 18.6 Å². The summed E-state index contributed by atoms with van der Waals surface area (Å²) >= 11 is 0. The number of ether oxygens (including phenoxy) is 1. The molecular weight excluding hydrogens is 280 g/mol. The number of esters is 1. The van der Waals surface area contributed by atoms with Crippen molar-refractivity contribution in [2.24, 2.45) is 5.92 Å². The quantitative estimate of drug-likeness (QED) is 0.870. The van der Waals surface area contributed by atoms with E-state index in [-0.39, 0.29) is 11.9 Å². The van der Waals surface area contributed by atoms with E-state index in [4.69, 9.17) is 4.74 Å². The monoisotopic (exact) mass is 304 g/mol. The minimum Gasteiger partial charge on any atom is -0.467 e. The van der Waals surface area contributed by atoms with Crippen LogP contribution in [0.1, 0.15) is 32.3 Å². The molecule has 0 unspecified atom stereocenters. The average Bonchev–Trinajstić information content (AvgIpc) is 2.57. The molecule has 1 aliphatic heterocycles. The van der Waals surface area contributed by atoms with Gasteiger partial charge in [0.05, 0.1) is 7.11 Å². The Labute approximate surface area is 131 Å². The van der Waals surface area contributed by atoms with E-state index in [0.29, 0.717) is 6.54 Å². The zero-order valence-corrected chi connectivity index (χ0v) is 13.5. The number of hydrogen-bond donors (Lipinski definition) is 1. The van der Waals surface area contributed by atoms with Gasteiger partial charge in [-0.2, -0.15) is 0 Å². The fraction of sp³-hybridized carbons (Fsp3) is 0.529. The molecule has 0 bridgehead atoms. The lowest BCUT2D eigenvalue weighted by atomic mass is 9.99. The van der Waals surface area contributed by atoms with Crippen LogP contribution in [0.5, 0.6) is 0 Å². The fourth-order valence-electron chi connectivity index (χ4n) is 2.75. The molecule has 5 nitrogen and oxygen atoms in total. The maximum atomic E-state index is 12.6. The third kappa shape index (κ3) is 3.40. The fourth-order valence-corrected chi connectivity index (χ4v) is 2.75. The molecule has 0 radical (unpaired) electrons. The van der Waals surface area contributed by atoms with Gasteiger partial charge in [0, 0.05) is 12.2 Å². The summed E-state index contributed by atoms with van der Waals surface area (Å²) in [5.41, 5.74) is 2.10. The number of methoxy groups -OCH3 is 1. The van der Waals surface area contributed by atoms with E-state index in [9.17, 15) is 9.59 Å². The molecule has 1 N–H and O–H groups in total. The number of carbonyl (C=O) groups is 2. The number of nitrogens with one attached hydrogen (secondary N) is 1. The van der Waals surface area contributed by atoms with Gasteiger partial charge in [-0.1, -0.05) is 38.5 Å². The number of para-hydroxylation sites is 1. The number of benzene rings is 1. The van der Waals surface area contributed by atoms with Gasteiger partial charge in [0.1, 0.15) is 6.04 Å². The first-order valence-electron chi connectivity index (χ1n) is 7.82. The van der Waals surface area contributed by atoms with Gasteiger partial charge >= 0.3 is 12.0 Å². The van der Waals surface area contributed by atoms with E-state index < -0.39 is 12.0 Å². The predicted octanol–water partition coefficient (Wildman–Crippen LogP) is 2.74. The Hall–Kier alpha value is -2.04. The molecule has 1 aromatic rings. The van der Waals surface area contributed by atoms with Crippen LogP contribution in [0.25, 0.3) is 0 Å². The number of aryl methyl sites for hydroxylation is 1. The molecule has 1 aliphatic rings. The standard InChI is InChI=1S/C17H24N2O3/c1-4-12(2)15(16(20)22-3)18-17(21)19-11-7-9-13-8-5-6-10-14(13)19/h5-6,8,10,12,15H,4,7,9,11H2,1-3H3,(H,18,21)/t12-,15-/m0/s1. The van der Waals surface area contributed by atoms with Gasteiger partial charge in [0.25, 0.3) is 0 Å². The van der Waals surface area contributed by atoms with Crippen LogP contribution in [0.2, 0.25) is 0 Å². The van der Waals surface area contributed by atoms with E-state index >= 15 is 0 Å². The average molecular weight is 304 g/mol. The molecule has 0 saturated heterocycles. The lowest BCUT2D eigenvalue weighted by Gasteiger charge is -2.31. The molecule has 22 heavy (non-hydrogen) atoms. The van der Waals surface area contributed by atoms with Crippen molar-refractivity contribution in [3.8, 4) is 0 Å². The van der Waals surface area contributed by atoms with Crippen molar-refractivity contribution >= 4 is 17.7 Å². The molecule has 0 fully saturated rings. The predicted molar refractivity (Wildman–Crippen MR) is 85.9 cm³/mol. The van der Waals surface area contributed by atoms with Crippen LogP contribution in [-0.2, 0) is 16.0 Å². The summed E-state index contributed by atoms with van der Waals surface area (Å²) in [5, 5.41) is 2.84. The zero-order valence-electron chi connectivity index (χ0n) is 13.5. The first-order valence-corrected chi connectivity index (χ1v) is 7.82. The molecule has 2 rings (SSSR count). The molecule has 0 spiro atoms. The van der Waals surface area contributed by atoms with E-state index in [2.05, 4.69) is 5.32 Å². The number of urea groups is 1. The second-order valence-electron chi connectivity index (χ2n) is 5.72. The topological polar surface area (TPSA) is 58.6 Å². The van der Waals surface area contributed by atoms with Crippen LogP contribution in [-0.4, -0.2) is 31.7 Å². The maximum Gasteiger partial charge on any atom is 0.328 e. The SMILES string of the molecule is CC[C@H](C)[C@H](NC(=O)N1CCCc2ccccc21)C(=O)OC. The van der Waals surface area contributed by atoms with Crippen molar-refractivity contribution in [2.45, 2.75) is 39.2 Å². The van der Waals surface area contributed by atoms with E-state index in [0.717, 1.165) is 24.9 Å². The van der Waals surface area contributed by atoms with Crippen LogP contribution >= 0.6 is 0 Å². The van der Waals surface area contributed by atoms with E-state index in [1.807, 2.05) is 38.1 Å². The first kappa shape index (κ1) is 16.3. The van der Waals surface area contributed by atoms with Gasteiger partial charge in [0.2, 0.25) is 0 Å². The van der Waals surface area contributed by atoms with Gasteiger partial charge in [-0.3, -0.25) is 4.90 Å². The Morgan fingerprint density at radius 3 is 2.77 bits per heavy atom. The maximum absolute atomic E-state index is 12.6. The van der Waals surface area contributed by atoms with Gasteiger partial charge < -0.3 is 10.1 Å². The van der Waals surface area contributed by atoms with Gasteiger partial charge in [-0.15, -0.1) is 0 Å². The molecular formula is C17H24N2O3.